The molecule has 0 aromatic heterocycles. The predicted octanol–water partition coefficient (Wildman–Crippen LogP) is 6.64. The Morgan fingerprint density at radius 1 is 0.939 bits per heavy atom. The van der Waals surface area contributed by atoms with Gasteiger partial charge in [0.25, 0.3) is 0 Å². The topological polar surface area (TPSA) is 60.7 Å². The lowest BCUT2D eigenvalue weighted by atomic mass is 9.43. The summed E-state index contributed by atoms with van der Waals surface area (Å²) in [5.74, 6) is 1.36. The molecule has 3 N–H and O–H groups in total. The van der Waals surface area contributed by atoms with E-state index in [0.717, 1.165) is 12.8 Å². The molecular formula is C30H52O3. The van der Waals surface area contributed by atoms with Crippen molar-refractivity contribution in [3.05, 3.63) is 11.1 Å². The maximum absolute atomic E-state index is 11.1. The number of rotatable bonds is 5. The minimum Gasteiger partial charge on any atom is -0.393 e. The van der Waals surface area contributed by atoms with Gasteiger partial charge in [-0.1, -0.05) is 52.7 Å². The third kappa shape index (κ3) is 3.78. The molecule has 0 radical (unpaired) electrons. The Kier molecular flexibility index (Phi) is 6.28. The molecule has 2 unspecified atom stereocenters. The van der Waals surface area contributed by atoms with Gasteiger partial charge < -0.3 is 15.3 Å². The molecule has 4 rings (SSSR count). The zero-order chi connectivity index (χ0) is 24.6. The van der Waals surface area contributed by atoms with Crippen molar-refractivity contribution in [2.45, 2.75) is 137 Å². The normalized spacial score (nSPS) is 44.6. The van der Waals surface area contributed by atoms with Gasteiger partial charge in [-0.15, -0.1) is 0 Å². The summed E-state index contributed by atoms with van der Waals surface area (Å²) in [6.07, 6.45) is 10.1. The maximum atomic E-state index is 11.1. The molecule has 190 valence electrons. The molecule has 33 heavy (non-hydrogen) atoms. The number of allylic oxidation sites excluding steroid dienone is 2. The average molecular weight is 461 g/mol. The molecule has 4 aliphatic rings. The largest absolute Gasteiger partial charge is 0.393 e. The van der Waals surface area contributed by atoms with Gasteiger partial charge >= 0.3 is 0 Å². The lowest BCUT2D eigenvalue weighted by Gasteiger charge is -2.62. The minimum absolute atomic E-state index is 0.00942. The van der Waals surface area contributed by atoms with Gasteiger partial charge in [0.05, 0.1) is 17.8 Å². The smallest absolute Gasteiger partial charge is 0.0594 e. The van der Waals surface area contributed by atoms with E-state index in [9.17, 15) is 15.3 Å². The fourth-order valence-electron chi connectivity index (χ4n) is 9.59. The molecular weight excluding hydrogens is 408 g/mol. The Bertz CT molecular complexity index is 791. The van der Waals surface area contributed by atoms with Crippen LogP contribution in [0.4, 0.5) is 0 Å². The van der Waals surface area contributed by atoms with Gasteiger partial charge in [0.2, 0.25) is 0 Å². The van der Waals surface area contributed by atoms with Crippen molar-refractivity contribution < 1.29 is 15.3 Å². The van der Waals surface area contributed by atoms with Gasteiger partial charge in [0, 0.05) is 0 Å². The molecule has 4 aliphatic carbocycles. The fourth-order valence-corrected chi connectivity index (χ4v) is 9.59. The van der Waals surface area contributed by atoms with E-state index < -0.39 is 5.60 Å². The van der Waals surface area contributed by atoms with Gasteiger partial charge in [-0.3, -0.25) is 0 Å². The Morgan fingerprint density at radius 2 is 1.61 bits per heavy atom. The predicted molar refractivity (Wildman–Crippen MR) is 136 cm³/mol. The first-order chi connectivity index (χ1) is 15.1. The van der Waals surface area contributed by atoms with Gasteiger partial charge in [0.15, 0.2) is 0 Å². The summed E-state index contributed by atoms with van der Waals surface area (Å²) in [7, 11) is 0. The van der Waals surface area contributed by atoms with Gasteiger partial charge in [-0.25, -0.2) is 0 Å². The number of hydrogen-bond acceptors (Lipinski definition) is 3. The number of fused-ring (bicyclic) bond motifs is 4. The van der Waals surface area contributed by atoms with Crippen molar-refractivity contribution in [3.8, 4) is 0 Å². The first kappa shape index (κ1) is 25.7. The van der Waals surface area contributed by atoms with Crippen LogP contribution in [-0.4, -0.2) is 33.1 Å². The molecule has 8 atom stereocenters. The van der Waals surface area contributed by atoms with Crippen LogP contribution in [0.25, 0.3) is 0 Å². The first-order valence-corrected chi connectivity index (χ1v) is 13.9. The second kappa shape index (κ2) is 8.07. The van der Waals surface area contributed by atoms with Crippen LogP contribution in [0.2, 0.25) is 0 Å². The highest BCUT2D eigenvalue weighted by Gasteiger charge is 2.63. The second-order valence-electron chi connectivity index (χ2n) is 14.5. The molecule has 0 amide bonds. The SMILES string of the molecule is C[C@H](C(O)CCC(C)(C)O)[C@H]1CC[C@@]2(C)C3=C(CC[C@]12C)[C@@]1(C)CC[C@H](O)C(C)(C)C1CC3. The van der Waals surface area contributed by atoms with E-state index in [0.29, 0.717) is 24.7 Å². The summed E-state index contributed by atoms with van der Waals surface area (Å²) in [6, 6.07) is 0. The molecule has 3 nitrogen and oxygen atoms in total. The average Bonchev–Trinajstić information content (AvgIpc) is 3.00. The minimum atomic E-state index is -0.714. The Balaban J connectivity index is 1.63. The quantitative estimate of drug-likeness (QED) is 0.403. The van der Waals surface area contributed by atoms with Crippen molar-refractivity contribution in [1.82, 2.24) is 0 Å². The molecule has 0 aromatic rings. The summed E-state index contributed by atoms with van der Waals surface area (Å²) in [6.45, 7) is 18.2. The third-order valence-electron chi connectivity index (χ3n) is 12.1. The summed E-state index contributed by atoms with van der Waals surface area (Å²) in [4.78, 5) is 0. The molecule has 0 aliphatic heterocycles. The molecule has 0 heterocycles. The van der Waals surface area contributed by atoms with E-state index in [1.807, 2.05) is 13.8 Å². The van der Waals surface area contributed by atoms with Crippen molar-refractivity contribution in [1.29, 1.82) is 0 Å². The summed E-state index contributed by atoms with van der Waals surface area (Å²) in [5, 5.41) is 32.1. The van der Waals surface area contributed by atoms with E-state index in [2.05, 4.69) is 41.5 Å². The van der Waals surface area contributed by atoms with E-state index in [1.165, 1.54) is 38.5 Å². The van der Waals surface area contributed by atoms with Crippen LogP contribution in [0, 0.1) is 39.4 Å². The highest BCUT2D eigenvalue weighted by atomic mass is 16.3. The zero-order valence-corrected chi connectivity index (χ0v) is 22.8. The van der Waals surface area contributed by atoms with Crippen LogP contribution in [0.15, 0.2) is 11.1 Å². The van der Waals surface area contributed by atoms with E-state index in [1.54, 1.807) is 11.1 Å². The van der Waals surface area contributed by atoms with Gasteiger partial charge in [-0.2, -0.15) is 0 Å². The summed E-state index contributed by atoms with van der Waals surface area (Å²) in [5.41, 5.74) is 3.49. The van der Waals surface area contributed by atoms with Gasteiger partial charge in [0.1, 0.15) is 0 Å². The third-order valence-corrected chi connectivity index (χ3v) is 12.1. The monoisotopic (exact) mass is 460 g/mol. The number of hydrogen-bond donors (Lipinski definition) is 3. The highest BCUT2D eigenvalue weighted by molar-refractivity contribution is 5.38. The summed E-state index contributed by atoms with van der Waals surface area (Å²) >= 11 is 0. The van der Waals surface area contributed by atoms with E-state index in [-0.39, 0.29) is 39.8 Å². The molecule has 0 saturated heterocycles. The lowest BCUT2D eigenvalue weighted by molar-refractivity contribution is -0.0971. The van der Waals surface area contributed by atoms with Crippen molar-refractivity contribution in [2.75, 3.05) is 0 Å². The Labute approximate surface area is 203 Å². The molecule has 2 saturated carbocycles. The van der Waals surface area contributed by atoms with Crippen LogP contribution < -0.4 is 0 Å². The summed E-state index contributed by atoms with van der Waals surface area (Å²) < 4.78 is 0. The van der Waals surface area contributed by atoms with E-state index in [4.69, 9.17) is 0 Å². The standard InChI is InChI=1S/C30H52O3/c1-19(23(31)13-15-26(2,3)33)20-11-17-30(8)22-9-10-24-27(4,5)25(32)14-16-28(24,6)21(22)12-18-29(20,30)7/h19-20,23-25,31-33H,9-18H2,1-8H3/t19-,20+,23?,24?,25-,28+,29+,30-/m0/s1. The fraction of sp³-hybridized carbons (Fsp3) is 0.933. The van der Waals surface area contributed by atoms with Crippen LogP contribution in [0.3, 0.4) is 0 Å². The Hall–Kier alpha value is -0.380. The lowest BCUT2D eigenvalue weighted by Crippen LogP contribution is -2.55. The first-order valence-electron chi connectivity index (χ1n) is 13.9. The second-order valence-corrected chi connectivity index (χ2v) is 14.5. The molecule has 0 spiro atoms. The molecule has 2 fully saturated rings. The van der Waals surface area contributed by atoms with Crippen molar-refractivity contribution in [2.24, 2.45) is 39.4 Å². The molecule has 3 heteroatoms. The zero-order valence-electron chi connectivity index (χ0n) is 22.8. The van der Waals surface area contributed by atoms with E-state index >= 15 is 0 Å². The van der Waals surface area contributed by atoms with Crippen LogP contribution >= 0.6 is 0 Å². The van der Waals surface area contributed by atoms with Gasteiger partial charge in [-0.05, 0) is 117 Å². The molecule has 0 bridgehead atoms. The van der Waals surface area contributed by atoms with Crippen molar-refractivity contribution >= 4 is 0 Å². The number of aliphatic hydroxyl groups excluding tert-OH is 2. The van der Waals surface area contributed by atoms with Crippen LogP contribution in [-0.2, 0) is 0 Å². The van der Waals surface area contributed by atoms with Crippen molar-refractivity contribution in [3.63, 3.8) is 0 Å². The molecule has 0 aromatic carbocycles. The highest BCUT2D eigenvalue weighted by Crippen LogP contribution is 2.72. The van der Waals surface area contributed by atoms with Crippen LogP contribution in [0.5, 0.6) is 0 Å². The van der Waals surface area contributed by atoms with Crippen LogP contribution in [0.1, 0.15) is 120 Å². The number of aliphatic hydroxyl groups is 3. The Morgan fingerprint density at radius 3 is 2.24 bits per heavy atom. The maximum Gasteiger partial charge on any atom is 0.0594 e.